The Kier molecular flexibility index (Phi) is 7.26. The molecule has 2 amide bonds. The Morgan fingerprint density at radius 2 is 1.83 bits per heavy atom. The summed E-state index contributed by atoms with van der Waals surface area (Å²) < 4.78 is 0. The van der Waals surface area contributed by atoms with Crippen LogP contribution in [0.2, 0.25) is 0 Å². The van der Waals surface area contributed by atoms with Gasteiger partial charge in [-0.05, 0) is 17.9 Å². The molecule has 1 heterocycles. The van der Waals surface area contributed by atoms with E-state index in [-0.39, 0.29) is 18.4 Å². The summed E-state index contributed by atoms with van der Waals surface area (Å²) in [6.45, 7) is 5.25. The lowest BCUT2D eigenvalue weighted by molar-refractivity contribution is -0.133. The highest BCUT2D eigenvalue weighted by Crippen LogP contribution is 2.15. The van der Waals surface area contributed by atoms with Crippen molar-refractivity contribution < 1.29 is 9.59 Å². The van der Waals surface area contributed by atoms with Crippen molar-refractivity contribution in [2.75, 3.05) is 49.1 Å². The Balaban J connectivity index is 1.68. The molecule has 0 unspecified atom stereocenters. The second-order valence-corrected chi connectivity index (χ2v) is 6.82. The number of rotatable bonds is 7. The minimum absolute atomic E-state index is 0.00852. The maximum absolute atomic E-state index is 12.2. The lowest BCUT2D eigenvalue weighted by Gasteiger charge is -2.36. The van der Waals surface area contributed by atoms with E-state index in [1.165, 1.54) is 5.69 Å². The van der Waals surface area contributed by atoms with Crippen molar-refractivity contribution in [3.8, 4) is 0 Å². The van der Waals surface area contributed by atoms with Gasteiger partial charge in [0, 0.05) is 44.0 Å². The van der Waals surface area contributed by atoms with E-state index < -0.39 is 0 Å². The summed E-state index contributed by atoms with van der Waals surface area (Å²) in [6, 6.07) is 10.2. The fraction of sp³-hybridized carbons (Fsp3) is 0.529. The van der Waals surface area contributed by atoms with E-state index in [4.69, 9.17) is 0 Å². The van der Waals surface area contributed by atoms with Gasteiger partial charge >= 0.3 is 0 Å². The molecule has 23 heavy (non-hydrogen) atoms. The number of hydrogen-bond acceptors (Lipinski definition) is 4. The number of nitrogens with one attached hydrogen (secondary N) is 1. The molecule has 5 nitrogen and oxygen atoms in total. The van der Waals surface area contributed by atoms with Crippen LogP contribution in [-0.4, -0.2) is 60.9 Å². The molecule has 0 spiro atoms. The molecule has 6 heteroatoms. The molecule has 0 aromatic heterocycles. The quantitative estimate of drug-likeness (QED) is 0.769. The van der Waals surface area contributed by atoms with Gasteiger partial charge in [0.15, 0.2) is 0 Å². The lowest BCUT2D eigenvalue weighted by Crippen LogP contribution is -2.51. The fourth-order valence-corrected chi connectivity index (χ4v) is 3.15. The number of carbonyl (C=O) groups is 2. The van der Waals surface area contributed by atoms with Gasteiger partial charge in [0.05, 0.1) is 6.54 Å². The van der Waals surface area contributed by atoms with Gasteiger partial charge in [0.2, 0.25) is 11.8 Å². The molecule has 126 valence electrons. The summed E-state index contributed by atoms with van der Waals surface area (Å²) in [5.74, 6) is 1.79. The van der Waals surface area contributed by atoms with Crippen LogP contribution in [0, 0.1) is 0 Å². The third-order valence-corrected chi connectivity index (χ3v) is 4.77. The number of para-hydroxylation sites is 1. The first kappa shape index (κ1) is 17.7. The highest BCUT2D eigenvalue weighted by molar-refractivity contribution is 7.99. The summed E-state index contributed by atoms with van der Waals surface area (Å²) in [4.78, 5) is 27.9. The molecular formula is C17H25N3O2S. The van der Waals surface area contributed by atoms with Crippen molar-refractivity contribution in [2.24, 2.45) is 0 Å². The molecule has 0 radical (unpaired) electrons. The molecule has 0 aliphatic carbocycles. The van der Waals surface area contributed by atoms with Crippen LogP contribution in [0.4, 0.5) is 5.69 Å². The molecule has 0 bridgehead atoms. The first-order valence-electron chi connectivity index (χ1n) is 8.13. The zero-order valence-corrected chi connectivity index (χ0v) is 14.5. The van der Waals surface area contributed by atoms with Crippen molar-refractivity contribution in [3.63, 3.8) is 0 Å². The highest BCUT2D eigenvalue weighted by Gasteiger charge is 2.21. The highest BCUT2D eigenvalue weighted by atomic mass is 32.2. The van der Waals surface area contributed by atoms with Crippen molar-refractivity contribution in [3.05, 3.63) is 30.3 Å². The zero-order chi connectivity index (χ0) is 16.5. The number of carbonyl (C=O) groups excluding carboxylic acids is 2. The SMILES string of the molecule is CCSCCC(=O)NCC(=O)N1CCN(c2ccccc2)CC1. The maximum Gasteiger partial charge on any atom is 0.242 e. The van der Waals surface area contributed by atoms with Gasteiger partial charge < -0.3 is 15.1 Å². The number of amides is 2. The fourth-order valence-electron chi connectivity index (χ4n) is 2.54. The number of hydrogen-bond donors (Lipinski definition) is 1. The van der Waals surface area contributed by atoms with E-state index in [1.807, 2.05) is 23.1 Å². The van der Waals surface area contributed by atoms with Gasteiger partial charge in [-0.3, -0.25) is 9.59 Å². The van der Waals surface area contributed by atoms with Crippen LogP contribution < -0.4 is 10.2 Å². The summed E-state index contributed by atoms with van der Waals surface area (Å²) >= 11 is 1.74. The van der Waals surface area contributed by atoms with Crippen molar-refractivity contribution in [1.29, 1.82) is 0 Å². The van der Waals surface area contributed by atoms with Crippen LogP contribution in [0.5, 0.6) is 0 Å². The van der Waals surface area contributed by atoms with E-state index >= 15 is 0 Å². The Morgan fingerprint density at radius 3 is 2.48 bits per heavy atom. The Hall–Kier alpha value is -1.69. The van der Waals surface area contributed by atoms with Gasteiger partial charge in [-0.1, -0.05) is 25.1 Å². The molecule has 1 aromatic rings. The maximum atomic E-state index is 12.2. The minimum atomic E-state index is -0.0396. The normalized spacial score (nSPS) is 14.7. The molecule has 1 aromatic carbocycles. The van der Waals surface area contributed by atoms with Crippen LogP contribution in [0.25, 0.3) is 0 Å². The number of nitrogens with zero attached hydrogens (tertiary/aromatic N) is 2. The van der Waals surface area contributed by atoms with E-state index in [0.29, 0.717) is 19.5 Å². The Labute approximate surface area is 142 Å². The first-order valence-corrected chi connectivity index (χ1v) is 9.28. The largest absolute Gasteiger partial charge is 0.368 e. The molecule has 1 aliphatic rings. The smallest absolute Gasteiger partial charge is 0.242 e. The van der Waals surface area contributed by atoms with E-state index in [0.717, 1.165) is 24.6 Å². The van der Waals surface area contributed by atoms with Gasteiger partial charge in [0.1, 0.15) is 0 Å². The standard InChI is InChI=1S/C17H25N3O2S/c1-2-23-13-8-16(21)18-14-17(22)20-11-9-19(10-12-20)15-6-4-3-5-7-15/h3-7H,2,8-14H2,1H3,(H,18,21). The molecule has 1 saturated heterocycles. The van der Waals surface area contributed by atoms with E-state index in [9.17, 15) is 9.59 Å². The van der Waals surface area contributed by atoms with Gasteiger partial charge in [0.25, 0.3) is 0 Å². The van der Waals surface area contributed by atoms with Crippen molar-refractivity contribution >= 4 is 29.3 Å². The predicted octanol–water partition coefficient (Wildman–Crippen LogP) is 1.59. The van der Waals surface area contributed by atoms with Gasteiger partial charge in [-0.2, -0.15) is 11.8 Å². The van der Waals surface area contributed by atoms with Crippen LogP contribution in [0.3, 0.4) is 0 Å². The van der Waals surface area contributed by atoms with Crippen LogP contribution in [0.15, 0.2) is 30.3 Å². The first-order chi connectivity index (χ1) is 11.2. The number of anilines is 1. The molecule has 0 saturated carbocycles. The molecule has 1 aliphatic heterocycles. The lowest BCUT2D eigenvalue weighted by atomic mass is 10.2. The van der Waals surface area contributed by atoms with Crippen LogP contribution in [0.1, 0.15) is 13.3 Å². The van der Waals surface area contributed by atoms with Gasteiger partial charge in [-0.25, -0.2) is 0 Å². The van der Waals surface area contributed by atoms with Gasteiger partial charge in [-0.15, -0.1) is 0 Å². The summed E-state index contributed by atoms with van der Waals surface area (Å²) in [5, 5.41) is 2.72. The average Bonchev–Trinajstić information content (AvgIpc) is 2.61. The van der Waals surface area contributed by atoms with Crippen molar-refractivity contribution in [1.82, 2.24) is 10.2 Å². The molecule has 2 rings (SSSR count). The second kappa shape index (κ2) is 9.45. The number of benzene rings is 1. The van der Waals surface area contributed by atoms with Crippen molar-refractivity contribution in [2.45, 2.75) is 13.3 Å². The zero-order valence-electron chi connectivity index (χ0n) is 13.7. The topological polar surface area (TPSA) is 52.7 Å². The Morgan fingerprint density at radius 1 is 1.13 bits per heavy atom. The third-order valence-electron chi connectivity index (χ3n) is 3.87. The summed E-state index contributed by atoms with van der Waals surface area (Å²) in [5.41, 5.74) is 1.20. The predicted molar refractivity (Wildman–Crippen MR) is 95.9 cm³/mol. The minimum Gasteiger partial charge on any atom is -0.368 e. The monoisotopic (exact) mass is 335 g/mol. The Bertz CT molecular complexity index is 502. The summed E-state index contributed by atoms with van der Waals surface area (Å²) in [7, 11) is 0. The molecular weight excluding hydrogens is 310 g/mol. The molecule has 1 fully saturated rings. The molecule has 0 atom stereocenters. The number of thioether (sulfide) groups is 1. The summed E-state index contributed by atoms with van der Waals surface area (Å²) in [6.07, 6.45) is 0.480. The second-order valence-electron chi connectivity index (χ2n) is 5.43. The van der Waals surface area contributed by atoms with Crippen LogP contribution >= 0.6 is 11.8 Å². The van der Waals surface area contributed by atoms with E-state index in [2.05, 4.69) is 29.3 Å². The van der Waals surface area contributed by atoms with Crippen LogP contribution in [-0.2, 0) is 9.59 Å². The third kappa shape index (κ3) is 5.78. The van der Waals surface area contributed by atoms with E-state index in [1.54, 1.807) is 11.8 Å². The molecule has 1 N–H and O–H groups in total. The number of piperazine rings is 1. The average molecular weight is 335 g/mol.